The molecule has 2 aliphatic rings. The van der Waals surface area contributed by atoms with Crippen molar-refractivity contribution in [3.05, 3.63) is 0 Å². The second kappa shape index (κ2) is 7.41. The van der Waals surface area contributed by atoms with Crippen molar-refractivity contribution in [2.24, 2.45) is 5.92 Å². The van der Waals surface area contributed by atoms with Crippen molar-refractivity contribution in [1.29, 1.82) is 0 Å². The molecule has 112 valence electrons. The first-order valence-electron chi connectivity index (χ1n) is 7.76. The molecule has 5 nitrogen and oxygen atoms in total. The van der Waals surface area contributed by atoms with Crippen LogP contribution < -0.4 is 0 Å². The molecule has 5 heteroatoms. The van der Waals surface area contributed by atoms with Crippen molar-refractivity contribution < 1.29 is 19.2 Å². The maximum atomic E-state index is 12.1. The van der Waals surface area contributed by atoms with Gasteiger partial charge in [0, 0.05) is 12.8 Å². The van der Waals surface area contributed by atoms with Crippen LogP contribution >= 0.6 is 0 Å². The average Bonchev–Trinajstić information content (AvgIpc) is 2.76. The number of amides is 2. The molecule has 1 saturated carbocycles. The van der Waals surface area contributed by atoms with Gasteiger partial charge in [-0.15, -0.1) is 5.06 Å². The summed E-state index contributed by atoms with van der Waals surface area (Å²) in [6, 6.07) is 0. The van der Waals surface area contributed by atoms with Gasteiger partial charge < -0.3 is 4.84 Å². The van der Waals surface area contributed by atoms with Gasteiger partial charge in [0.2, 0.25) is 0 Å². The molecule has 0 unspecified atom stereocenters. The molecule has 2 rings (SSSR count). The van der Waals surface area contributed by atoms with Gasteiger partial charge in [-0.05, 0) is 12.8 Å². The van der Waals surface area contributed by atoms with Crippen molar-refractivity contribution in [3.63, 3.8) is 0 Å². The van der Waals surface area contributed by atoms with E-state index in [9.17, 15) is 14.4 Å². The minimum absolute atomic E-state index is 0.150. The van der Waals surface area contributed by atoms with E-state index in [1.54, 1.807) is 0 Å². The zero-order valence-corrected chi connectivity index (χ0v) is 11.9. The molecule has 0 spiro atoms. The lowest BCUT2D eigenvalue weighted by Crippen LogP contribution is -2.34. The predicted molar refractivity (Wildman–Crippen MR) is 72.2 cm³/mol. The molecule has 0 radical (unpaired) electrons. The largest absolute Gasteiger partial charge is 0.336 e. The Morgan fingerprint density at radius 1 is 0.850 bits per heavy atom. The van der Waals surface area contributed by atoms with Crippen LogP contribution in [0.4, 0.5) is 0 Å². The molecule has 1 heterocycles. The van der Waals surface area contributed by atoms with Crippen LogP contribution in [0.15, 0.2) is 0 Å². The second-order valence-corrected chi connectivity index (χ2v) is 5.74. The predicted octanol–water partition coefficient (Wildman–Crippen LogP) is 2.73. The first-order chi connectivity index (χ1) is 9.68. The highest BCUT2D eigenvalue weighted by molar-refractivity contribution is 6.01. The van der Waals surface area contributed by atoms with Crippen LogP contribution in [0.25, 0.3) is 0 Å². The third-order valence-corrected chi connectivity index (χ3v) is 4.13. The summed E-state index contributed by atoms with van der Waals surface area (Å²) >= 11 is 0. The quantitative estimate of drug-likeness (QED) is 0.730. The highest BCUT2D eigenvalue weighted by Gasteiger charge is 2.34. The van der Waals surface area contributed by atoms with Crippen molar-refractivity contribution in [1.82, 2.24) is 5.06 Å². The summed E-state index contributed by atoms with van der Waals surface area (Å²) in [6.45, 7) is 0. The fraction of sp³-hybridized carbons (Fsp3) is 0.800. The summed E-state index contributed by atoms with van der Waals surface area (Å²) in [5, 5.41) is 0.668. The van der Waals surface area contributed by atoms with Crippen LogP contribution in [-0.2, 0) is 19.2 Å². The van der Waals surface area contributed by atoms with Crippen molar-refractivity contribution in [2.45, 2.75) is 70.6 Å². The lowest BCUT2D eigenvalue weighted by Gasteiger charge is -2.19. The van der Waals surface area contributed by atoms with E-state index in [2.05, 4.69) is 0 Å². The molecule has 0 aromatic carbocycles. The lowest BCUT2D eigenvalue weighted by molar-refractivity contribution is -0.201. The zero-order valence-electron chi connectivity index (χ0n) is 11.9. The third kappa shape index (κ3) is 4.05. The molecule has 0 aromatic rings. The molecule has 0 N–H and O–H groups in total. The number of rotatable bonds is 2. The lowest BCUT2D eigenvalue weighted by atomic mass is 9.92. The minimum atomic E-state index is -0.408. The number of nitrogens with zero attached hydrogens (tertiary/aromatic N) is 1. The number of hydrogen-bond donors (Lipinski definition) is 0. The Morgan fingerprint density at radius 3 is 1.80 bits per heavy atom. The monoisotopic (exact) mass is 281 g/mol. The van der Waals surface area contributed by atoms with Gasteiger partial charge in [0.05, 0.1) is 5.92 Å². The first kappa shape index (κ1) is 15.0. The van der Waals surface area contributed by atoms with Crippen molar-refractivity contribution in [3.8, 4) is 0 Å². The summed E-state index contributed by atoms with van der Waals surface area (Å²) in [5.74, 6) is -1.38. The Kier molecular flexibility index (Phi) is 5.56. The number of imide groups is 1. The van der Waals surface area contributed by atoms with Crippen molar-refractivity contribution in [2.75, 3.05) is 0 Å². The van der Waals surface area contributed by atoms with E-state index < -0.39 is 17.8 Å². The maximum Gasteiger partial charge on any atom is 0.336 e. The fourth-order valence-corrected chi connectivity index (χ4v) is 2.87. The van der Waals surface area contributed by atoms with Crippen LogP contribution in [-0.4, -0.2) is 22.8 Å². The third-order valence-electron chi connectivity index (χ3n) is 4.13. The van der Waals surface area contributed by atoms with E-state index in [-0.39, 0.29) is 18.8 Å². The molecule has 2 fully saturated rings. The van der Waals surface area contributed by atoms with Crippen molar-refractivity contribution >= 4 is 17.8 Å². The van der Waals surface area contributed by atoms with Gasteiger partial charge in [0.15, 0.2) is 0 Å². The van der Waals surface area contributed by atoms with Gasteiger partial charge in [0.25, 0.3) is 11.8 Å². The molecule has 0 aromatic heterocycles. The molecule has 1 saturated heterocycles. The van der Waals surface area contributed by atoms with Gasteiger partial charge in [0.1, 0.15) is 0 Å². The van der Waals surface area contributed by atoms with E-state index in [0.717, 1.165) is 38.5 Å². The van der Waals surface area contributed by atoms with E-state index in [1.165, 1.54) is 19.3 Å². The van der Waals surface area contributed by atoms with Gasteiger partial charge in [-0.1, -0.05) is 44.9 Å². The Bertz CT molecular complexity index is 354. The van der Waals surface area contributed by atoms with E-state index in [0.29, 0.717) is 5.06 Å². The Morgan fingerprint density at radius 2 is 1.30 bits per heavy atom. The molecular weight excluding hydrogens is 258 g/mol. The highest BCUT2D eigenvalue weighted by Crippen LogP contribution is 2.24. The minimum Gasteiger partial charge on any atom is -0.330 e. The van der Waals surface area contributed by atoms with Gasteiger partial charge in [-0.3, -0.25) is 9.59 Å². The molecule has 0 atom stereocenters. The van der Waals surface area contributed by atoms with E-state index >= 15 is 0 Å². The van der Waals surface area contributed by atoms with Gasteiger partial charge in [-0.2, -0.15) is 0 Å². The van der Waals surface area contributed by atoms with Crippen LogP contribution in [0.1, 0.15) is 70.6 Å². The Balaban J connectivity index is 1.88. The molecule has 20 heavy (non-hydrogen) atoms. The summed E-state index contributed by atoms with van der Waals surface area (Å²) in [7, 11) is 0. The van der Waals surface area contributed by atoms with Crippen LogP contribution in [0.3, 0.4) is 0 Å². The topological polar surface area (TPSA) is 63.7 Å². The standard InChI is InChI=1S/C15H23NO4/c17-13-10-11-14(18)16(13)20-15(19)12-8-6-4-2-1-3-5-7-9-12/h12H,1-11H2. The molecule has 1 aliphatic carbocycles. The summed E-state index contributed by atoms with van der Waals surface area (Å²) < 4.78 is 0. The maximum absolute atomic E-state index is 12.1. The summed E-state index contributed by atoms with van der Waals surface area (Å²) in [6.07, 6.45) is 9.96. The molecule has 2 amide bonds. The van der Waals surface area contributed by atoms with E-state index in [4.69, 9.17) is 4.84 Å². The van der Waals surface area contributed by atoms with Gasteiger partial charge >= 0.3 is 5.97 Å². The molecule has 1 aliphatic heterocycles. The van der Waals surface area contributed by atoms with Gasteiger partial charge in [-0.25, -0.2) is 4.79 Å². The van der Waals surface area contributed by atoms with E-state index in [1.807, 2.05) is 0 Å². The number of hydroxylamine groups is 2. The summed E-state index contributed by atoms with van der Waals surface area (Å²) in [4.78, 5) is 40.1. The zero-order chi connectivity index (χ0) is 14.4. The second-order valence-electron chi connectivity index (χ2n) is 5.74. The molecule has 0 bridgehead atoms. The Labute approximate surface area is 119 Å². The first-order valence-corrected chi connectivity index (χ1v) is 7.76. The van der Waals surface area contributed by atoms with Crippen LogP contribution in [0.2, 0.25) is 0 Å². The van der Waals surface area contributed by atoms with Crippen LogP contribution in [0, 0.1) is 5.92 Å². The summed E-state index contributed by atoms with van der Waals surface area (Å²) in [5.41, 5.74) is 0. The SMILES string of the molecule is O=C(ON1C(=O)CCC1=O)C1CCCCCCCCC1. The average molecular weight is 281 g/mol. The molecular formula is C15H23NO4. The number of carbonyl (C=O) groups excluding carboxylic acids is 3. The number of hydrogen-bond acceptors (Lipinski definition) is 4. The van der Waals surface area contributed by atoms with Crippen LogP contribution in [0.5, 0.6) is 0 Å². The smallest absolute Gasteiger partial charge is 0.330 e. The normalized spacial score (nSPS) is 22.9. The highest BCUT2D eigenvalue weighted by atomic mass is 16.7. The Hall–Kier alpha value is -1.39. The fourth-order valence-electron chi connectivity index (χ4n) is 2.87. The number of carbonyl (C=O) groups is 3.